The molecule has 1 fully saturated rings. The van der Waals surface area contributed by atoms with Crippen molar-refractivity contribution in [1.29, 1.82) is 0 Å². The second-order valence-corrected chi connectivity index (χ2v) is 12.1. The number of rotatable bonds is 13. The zero-order valence-corrected chi connectivity index (χ0v) is 27.6. The average Bonchev–Trinajstić information content (AvgIpc) is 3.54. The first-order valence-electron chi connectivity index (χ1n) is 15.9. The molecule has 0 unspecified atom stereocenters. The molecular weight excluding hydrogens is 594 g/mol. The highest BCUT2D eigenvalue weighted by molar-refractivity contribution is 5.86. The van der Waals surface area contributed by atoms with E-state index in [1.54, 1.807) is 14.2 Å². The number of carbonyl (C=O) groups excluding carboxylic acids is 2. The van der Waals surface area contributed by atoms with Crippen molar-refractivity contribution < 1.29 is 33.3 Å². The minimum atomic E-state index is -1.28. The van der Waals surface area contributed by atoms with Gasteiger partial charge in [0.05, 0.1) is 27.2 Å². The van der Waals surface area contributed by atoms with Crippen LogP contribution in [0, 0.1) is 11.8 Å². The van der Waals surface area contributed by atoms with Crippen LogP contribution >= 0.6 is 0 Å². The van der Waals surface area contributed by atoms with Gasteiger partial charge in [0, 0.05) is 23.8 Å². The van der Waals surface area contributed by atoms with Crippen molar-refractivity contribution in [3.63, 3.8) is 0 Å². The topological polar surface area (TPSA) is 92.3 Å². The van der Waals surface area contributed by atoms with Crippen LogP contribution < -0.4 is 14.8 Å². The molecule has 5 atom stereocenters. The lowest BCUT2D eigenvalue weighted by Gasteiger charge is -2.31. The molecule has 8 nitrogen and oxygen atoms in total. The summed E-state index contributed by atoms with van der Waals surface area (Å²) < 4.78 is 30.1. The van der Waals surface area contributed by atoms with Crippen LogP contribution in [0.2, 0.25) is 0 Å². The van der Waals surface area contributed by atoms with Crippen LogP contribution in [-0.4, -0.2) is 39.9 Å². The summed E-state index contributed by atoms with van der Waals surface area (Å²) in [4.78, 5) is 28.4. The number of ether oxygens (including phenoxy) is 5. The smallest absolute Gasteiger partial charge is 0.330 e. The van der Waals surface area contributed by atoms with Gasteiger partial charge < -0.3 is 23.7 Å². The van der Waals surface area contributed by atoms with Crippen LogP contribution in [0.3, 0.4) is 0 Å². The molecule has 0 saturated carbocycles. The second-order valence-electron chi connectivity index (χ2n) is 12.1. The largest absolute Gasteiger partial charge is 0.496 e. The van der Waals surface area contributed by atoms with E-state index in [2.05, 4.69) is 19.2 Å². The minimum Gasteiger partial charge on any atom is -0.496 e. The van der Waals surface area contributed by atoms with E-state index in [0.29, 0.717) is 29.2 Å². The molecule has 246 valence electrons. The predicted octanol–water partition coefficient (Wildman–Crippen LogP) is 7.12. The summed E-state index contributed by atoms with van der Waals surface area (Å²) in [5, 5.41) is 3.52. The highest BCUT2D eigenvalue weighted by Crippen LogP contribution is 2.48. The zero-order valence-electron chi connectivity index (χ0n) is 27.6. The number of carbonyl (C=O) groups is 2. The summed E-state index contributed by atoms with van der Waals surface area (Å²) in [6, 6.07) is 33.5. The first-order valence-corrected chi connectivity index (χ1v) is 15.9. The average molecular weight is 638 g/mol. The standard InChI is InChI=1S/C39H43NO7/c1-26(2)25-46-35(29-20-12-14-22-32(29)43-3)36(30-21-13-15-23-33(30)44-4)47-37(41)31-24-39(38(42)45-5,28-18-10-7-11-19-28)40-34(31)27-16-8-6-9-17-27/h6-23,26,31,34-36,40H,24-25H2,1-5H3/t31-,34-,35-,36+,39+/m0/s1. The van der Waals surface area contributed by atoms with Crippen LogP contribution in [0.1, 0.15) is 60.8 Å². The molecule has 0 radical (unpaired) electrons. The molecule has 47 heavy (non-hydrogen) atoms. The Morgan fingerprint density at radius 2 is 1.28 bits per heavy atom. The van der Waals surface area contributed by atoms with Crippen molar-refractivity contribution in [2.75, 3.05) is 27.9 Å². The van der Waals surface area contributed by atoms with E-state index in [1.807, 2.05) is 109 Å². The molecular formula is C39H43NO7. The lowest BCUT2D eigenvalue weighted by atomic mass is 9.84. The molecule has 4 aromatic carbocycles. The quantitative estimate of drug-likeness (QED) is 0.155. The Labute approximate surface area is 277 Å². The first-order chi connectivity index (χ1) is 22.8. The summed E-state index contributed by atoms with van der Waals surface area (Å²) in [6.45, 7) is 4.53. The summed E-state index contributed by atoms with van der Waals surface area (Å²) in [5.74, 6) is -0.372. The van der Waals surface area contributed by atoms with Gasteiger partial charge in [-0.3, -0.25) is 10.1 Å². The lowest BCUT2D eigenvalue weighted by molar-refractivity contribution is -0.165. The third-order valence-corrected chi connectivity index (χ3v) is 8.61. The Bertz CT molecular complexity index is 1630. The number of methoxy groups -OCH3 is 3. The highest BCUT2D eigenvalue weighted by Gasteiger charge is 2.55. The van der Waals surface area contributed by atoms with Crippen molar-refractivity contribution in [1.82, 2.24) is 5.32 Å². The number of hydrogen-bond acceptors (Lipinski definition) is 8. The molecule has 0 spiro atoms. The fourth-order valence-corrected chi connectivity index (χ4v) is 6.37. The number of para-hydroxylation sites is 2. The molecule has 1 heterocycles. The molecule has 4 aromatic rings. The van der Waals surface area contributed by atoms with E-state index < -0.39 is 41.6 Å². The van der Waals surface area contributed by atoms with Gasteiger partial charge in [0.25, 0.3) is 0 Å². The van der Waals surface area contributed by atoms with E-state index in [4.69, 9.17) is 23.7 Å². The lowest BCUT2D eigenvalue weighted by Crippen LogP contribution is -2.46. The Morgan fingerprint density at radius 3 is 1.83 bits per heavy atom. The van der Waals surface area contributed by atoms with Crippen molar-refractivity contribution in [2.45, 2.75) is 44.1 Å². The minimum absolute atomic E-state index is 0.118. The van der Waals surface area contributed by atoms with Gasteiger partial charge in [0.1, 0.15) is 23.1 Å². The van der Waals surface area contributed by atoms with Gasteiger partial charge in [-0.2, -0.15) is 0 Å². The Balaban J connectivity index is 1.62. The van der Waals surface area contributed by atoms with E-state index >= 15 is 0 Å². The zero-order chi connectivity index (χ0) is 33.4. The van der Waals surface area contributed by atoms with E-state index in [-0.39, 0.29) is 12.3 Å². The fourth-order valence-electron chi connectivity index (χ4n) is 6.37. The molecule has 0 aromatic heterocycles. The number of hydrogen-bond donors (Lipinski definition) is 1. The molecule has 1 N–H and O–H groups in total. The number of benzene rings is 4. The number of esters is 2. The summed E-state index contributed by atoms with van der Waals surface area (Å²) >= 11 is 0. The normalized spacial score (nSPS) is 20.3. The van der Waals surface area contributed by atoms with Gasteiger partial charge in [0.15, 0.2) is 6.10 Å². The summed E-state index contributed by atoms with van der Waals surface area (Å²) in [6.07, 6.45) is -1.54. The number of nitrogens with one attached hydrogen (secondary N) is 1. The van der Waals surface area contributed by atoms with E-state index in [9.17, 15) is 9.59 Å². The third-order valence-electron chi connectivity index (χ3n) is 8.61. The Hall–Kier alpha value is -4.66. The van der Waals surface area contributed by atoms with Gasteiger partial charge in [0.2, 0.25) is 0 Å². The van der Waals surface area contributed by atoms with Gasteiger partial charge in [-0.25, -0.2) is 4.79 Å². The van der Waals surface area contributed by atoms with Crippen LogP contribution in [0.15, 0.2) is 109 Å². The van der Waals surface area contributed by atoms with E-state index in [0.717, 1.165) is 11.1 Å². The molecule has 8 heteroatoms. The second kappa shape index (κ2) is 15.3. The van der Waals surface area contributed by atoms with Crippen molar-refractivity contribution in [2.24, 2.45) is 11.8 Å². The third kappa shape index (κ3) is 7.19. The molecule has 1 saturated heterocycles. The van der Waals surface area contributed by atoms with Crippen LogP contribution in [-0.2, 0) is 29.3 Å². The first kappa shape index (κ1) is 33.7. The SMILES string of the molecule is COC(=O)[C@]1(c2ccccc2)C[C@H](C(=O)O[C@H](c2ccccc2OC)[C@@H](OCC(C)C)c2ccccc2OC)[C@H](c2ccccc2)N1. The fraction of sp³-hybridized carbons (Fsp3) is 0.333. The van der Waals surface area contributed by atoms with Gasteiger partial charge in [-0.15, -0.1) is 0 Å². The molecule has 1 aliphatic rings. The van der Waals surface area contributed by atoms with E-state index in [1.165, 1.54) is 7.11 Å². The Kier molecular flexibility index (Phi) is 11.0. The summed E-state index contributed by atoms with van der Waals surface area (Å²) in [7, 11) is 4.55. The molecule has 0 aliphatic carbocycles. The van der Waals surface area contributed by atoms with Gasteiger partial charge in [-0.05, 0) is 35.6 Å². The maximum atomic E-state index is 14.7. The monoisotopic (exact) mass is 637 g/mol. The van der Waals surface area contributed by atoms with Gasteiger partial charge in [-0.1, -0.05) is 111 Å². The maximum absolute atomic E-state index is 14.7. The molecule has 0 bridgehead atoms. The van der Waals surface area contributed by atoms with Crippen molar-refractivity contribution in [3.8, 4) is 11.5 Å². The van der Waals surface area contributed by atoms with Crippen LogP contribution in [0.25, 0.3) is 0 Å². The summed E-state index contributed by atoms with van der Waals surface area (Å²) in [5.41, 5.74) is 1.65. The Morgan fingerprint density at radius 1 is 0.745 bits per heavy atom. The predicted molar refractivity (Wildman–Crippen MR) is 179 cm³/mol. The highest BCUT2D eigenvalue weighted by atomic mass is 16.6. The molecule has 1 aliphatic heterocycles. The van der Waals surface area contributed by atoms with Gasteiger partial charge >= 0.3 is 11.9 Å². The molecule has 5 rings (SSSR count). The maximum Gasteiger partial charge on any atom is 0.330 e. The molecule has 0 amide bonds. The van der Waals surface area contributed by atoms with Crippen LogP contribution in [0.5, 0.6) is 11.5 Å². The van der Waals surface area contributed by atoms with Crippen molar-refractivity contribution in [3.05, 3.63) is 131 Å². The van der Waals surface area contributed by atoms with Crippen molar-refractivity contribution >= 4 is 11.9 Å². The van der Waals surface area contributed by atoms with Crippen LogP contribution in [0.4, 0.5) is 0 Å².